The molecule has 0 aliphatic rings. The van der Waals surface area contributed by atoms with Gasteiger partial charge in [-0.3, -0.25) is 4.79 Å². The topological polar surface area (TPSA) is 45.2 Å². The predicted octanol–water partition coefficient (Wildman–Crippen LogP) is 2.77. The highest BCUT2D eigenvalue weighted by Crippen LogP contribution is 2.16. The van der Waals surface area contributed by atoms with E-state index in [0.717, 1.165) is 12.6 Å². The first-order chi connectivity index (χ1) is 8.95. The van der Waals surface area contributed by atoms with Crippen LogP contribution in [0.25, 0.3) is 0 Å². The Morgan fingerprint density at radius 1 is 1.53 bits per heavy atom. The molecule has 1 N–H and O–H groups in total. The quantitative estimate of drug-likeness (QED) is 0.862. The van der Waals surface area contributed by atoms with E-state index >= 15 is 0 Å². The van der Waals surface area contributed by atoms with Gasteiger partial charge in [-0.25, -0.2) is 9.37 Å². The average Bonchev–Trinajstić information content (AvgIpc) is 2.35. The number of carbonyl (C=O) groups is 1. The fraction of sp³-hybridized carbons (Fsp3) is 0.571. The van der Waals surface area contributed by atoms with Gasteiger partial charge in [-0.2, -0.15) is 0 Å². The van der Waals surface area contributed by atoms with Crippen LogP contribution in [0.3, 0.4) is 0 Å². The Bertz CT molecular complexity index is 435. The van der Waals surface area contributed by atoms with Gasteiger partial charge in [0.05, 0.1) is 11.8 Å². The number of anilines is 1. The number of halogens is 1. The molecule has 0 aliphatic heterocycles. The van der Waals surface area contributed by atoms with Crippen LogP contribution in [0.5, 0.6) is 0 Å². The molecule has 0 spiro atoms. The smallest absolute Gasteiger partial charge is 0.257 e. The van der Waals surface area contributed by atoms with Crippen molar-refractivity contribution < 1.29 is 9.18 Å². The summed E-state index contributed by atoms with van der Waals surface area (Å²) in [5.74, 6) is 0.106. The molecule has 0 saturated carbocycles. The minimum absolute atomic E-state index is 0.209. The summed E-state index contributed by atoms with van der Waals surface area (Å²) in [6.45, 7) is 7.41. The average molecular weight is 267 g/mol. The Morgan fingerprint density at radius 2 is 2.21 bits per heavy atom. The van der Waals surface area contributed by atoms with Crippen molar-refractivity contribution in [2.24, 2.45) is 5.92 Å². The van der Waals surface area contributed by atoms with Crippen molar-refractivity contribution in [3.8, 4) is 0 Å². The number of nitrogens with one attached hydrogen (secondary N) is 1. The van der Waals surface area contributed by atoms with Gasteiger partial charge in [0.15, 0.2) is 0 Å². The van der Waals surface area contributed by atoms with Crippen molar-refractivity contribution in [3.63, 3.8) is 0 Å². The summed E-state index contributed by atoms with van der Waals surface area (Å²) in [6, 6.07) is 1.24. The standard InChI is InChI=1S/C14H22FN3O/c1-5-6-16-13-12(7-11(15)8-17-13)14(19)18(4)9-10(2)3/h7-8,10H,5-6,9H2,1-4H3,(H,16,17). The predicted molar refractivity (Wildman–Crippen MR) is 74.8 cm³/mol. The highest BCUT2D eigenvalue weighted by atomic mass is 19.1. The third-order valence-electron chi connectivity index (χ3n) is 2.61. The Labute approximate surface area is 114 Å². The van der Waals surface area contributed by atoms with E-state index in [9.17, 15) is 9.18 Å². The van der Waals surface area contributed by atoms with E-state index in [0.29, 0.717) is 24.8 Å². The van der Waals surface area contributed by atoms with Crippen molar-refractivity contribution in [2.45, 2.75) is 27.2 Å². The molecule has 1 rings (SSSR count). The number of rotatable bonds is 6. The van der Waals surface area contributed by atoms with Gasteiger partial charge in [0, 0.05) is 20.1 Å². The van der Waals surface area contributed by atoms with Crippen LogP contribution in [0.15, 0.2) is 12.3 Å². The molecule has 0 fully saturated rings. The molecule has 0 bridgehead atoms. The van der Waals surface area contributed by atoms with E-state index in [4.69, 9.17) is 0 Å². The van der Waals surface area contributed by atoms with Crippen molar-refractivity contribution in [2.75, 3.05) is 25.5 Å². The Morgan fingerprint density at radius 3 is 2.79 bits per heavy atom. The van der Waals surface area contributed by atoms with E-state index in [1.165, 1.54) is 6.07 Å². The van der Waals surface area contributed by atoms with Crippen LogP contribution in [0.1, 0.15) is 37.6 Å². The summed E-state index contributed by atoms with van der Waals surface area (Å²) >= 11 is 0. The van der Waals surface area contributed by atoms with E-state index in [-0.39, 0.29) is 11.5 Å². The number of hydrogen-bond donors (Lipinski definition) is 1. The highest BCUT2D eigenvalue weighted by Gasteiger charge is 2.18. The zero-order valence-corrected chi connectivity index (χ0v) is 12.0. The monoisotopic (exact) mass is 267 g/mol. The summed E-state index contributed by atoms with van der Waals surface area (Å²) in [5.41, 5.74) is 0.289. The SMILES string of the molecule is CCCNc1ncc(F)cc1C(=O)N(C)CC(C)C. The molecule has 1 aromatic rings. The van der Waals surface area contributed by atoms with Gasteiger partial charge in [0.2, 0.25) is 0 Å². The van der Waals surface area contributed by atoms with Gasteiger partial charge in [-0.15, -0.1) is 0 Å². The lowest BCUT2D eigenvalue weighted by molar-refractivity contribution is 0.0779. The van der Waals surface area contributed by atoms with Crippen LogP contribution in [0.4, 0.5) is 10.2 Å². The number of carbonyl (C=O) groups excluding carboxylic acids is 1. The largest absolute Gasteiger partial charge is 0.369 e. The molecule has 0 aromatic carbocycles. The summed E-state index contributed by atoms with van der Waals surface area (Å²) in [5, 5.41) is 3.05. The van der Waals surface area contributed by atoms with Gasteiger partial charge < -0.3 is 10.2 Å². The van der Waals surface area contributed by atoms with Gasteiger partial charge in [-0.1, -0.05) is 20.8 Å². The third-order valence-corrected chi connectivity index (χ3v) is 2.61. The maximum absolute atomic E-state index is 13.3. The molecule has 1 aromatic heterocycles. The normalized spacial score (nSPS) is 10.6. The van der Waals surface area contributed by atoms with E-state index in [1.54, 1.807) is 11.9 Å². The Hall–Kier alpha value is -1.65. The summed E-state index contributed by atoms with van der Waals surface area (Å²) in [4.78, 5) is 17.9. The van der Waals surface area contributed by atoms with Crippen LogP contribution in [-0.4, -0.2) is 35.9 Å². The molecule has 0 saturated heterocycles. The number of amides is 1. The molecular weight excluding hydrogens is 245 g/mol. The number of hydrogen-bond acceptors (Lipinski definition) is 3. The van der Waals surface area contributed by atoms with Crippen molar-refractivity contribution in [1.29, 1.82) is 0 Å². The Kier molecular flexibility index (Phi) is 5.73. The molecule has 5 heteroatoms. The molecule has 0 aliphatic carbocycles. The van der Waals surface area contributed by atoms with Crippen molar-refractivity contribution >= 4 is 11.7 Å². The third kappa shape index (κ3) is 4.50. The van der Waals surface area contributed by atoms with E-state index in [1.807, 2.05) is 20.8 Å². The second-order valence-corrected chi connectivity index (χ2v) is 5.06. The van der Waals surface area contributed by atoms with E-state index < -0.39 is 5.82 Å². The van der Waals surface area contributed by atoms with Gasteiger partial charge in [0.1, 0.15) is 11.6 Å². The lowest BCUT2D eigenvalue weighted by atomic mass is 10.1. The summed E-state index contributed by atoms with van der Waals surface area (Å²) < 4.78 is 13.3. The molecule has 0 radical (unpaired) electrons. The second-order valence-electron chi connectivity index (χ2n) is 5.06. The van der Waals surface area contributed by atoms with Gasteiger partial charge >= 0.3 is 0 Å². The molecule has 19 heavy (non-hydrogen) atoms. The fourth-order valence-corrected chi connectivity index (χ4v) is 1.82. The minimum atomic E-state index is -0.497. The molecule has 4 nitrogen and oxygen atoms in total. The van der Waals surface area contributed by atoms with Crippen molar-refractivity contribution in [3.05, 3.63) is 23.6 Å². The first-order valence-corrected chi connectivity index (χ1v) is 6.60. The molecule has 0 unspecified atom stereocenters. The Balaban J connectivity index is 2.95. The van der Waals surface area contributed by atoms with Gasteiger partial charge in [0.25, 0.3) is 5.91 Å². The molecule has 0 atom stereocenters. The lowest BCUT2D eigenvalue weighted by Gasteiger charge is -2.20. The molecule has 106 valence electrons. The van der Waals surface area contributed by atoms with Gasteiger partial charge in [-0.05, 0) is 18.4 Å². The molecular formula is C14H22FN3O. The lowest BCUT2D eigenvalue weighted by Crippen LogP contribution is -2.31. The number of aromatic nitrogens is 1. The van der Waals surface area contributed by atoms with Crippen LogP contribution < -0.4 is 5.32 Å². The zero-order valence-electron chi connectivity index (χ0n) is 12.0. The number of pyridine rings is 1. The molecule has 1 amide bonds. The van der Waals surface area contributed by atoms with Crippen LogP contribution in [0.2, 0.25) is 0 Å². The summed E-state index contributed by atoms with van der Waals surface area (Å²) in [6.07, 6.45) is 2.03. The summed E-state index contributed by atoms with van der Waals surface area (Å²) in [7, 11) is 1.72. The maximum atomic E-state index is 13.3. The van der Waals surface area contributed by atoms with Crippen LogP contribution >= 0.6 is 0 Å². The highest BCUT2D eigenvalue weighted by molar-refractivity contribution is 5.98. The zero-order chi connectivity index (χ0) is 14.4. The first kappa shape index (κ1) is 15.4. The fourth-order valence-electron chi connectivity index (χ4n) is 1.82. The van der Waals surface area contributed by atoms with E-state index in [2.05, 4.69) is 10.3 Å². The second kappa shape index (κ2) is 7.07. The number of nitrogens with zero attached hydrogens (tertiary/aromatic N) is 2. The van der Waals surface area contributed by atoms with Crippen LogP contribution in [-0.2, 0) is 0 Å². The minimum Gasteiger partial charge on any atom is -0.369 e. The molecule has 1 heterocycles. The maximum Gasteiger partial charge on any atom is 0.257 e. The van der Waals surface area contributed by atoms with Crippen molar-refractivity contribution in [1.82, 2.24) is 9.88 Å². The first-order valence-electron chi connectivity index (χ1n) is 6.60. The van der Waals surface area contributed by atoms with Crippen LogP contribution in [0, 0.1) is 11.7 Å².